The molecule has 2 atom stereocenters. The number of fused-ring (bicyclic) bond motifs is 1. The maximum Gasteiger partial charge on any atom is 0.326 e. The Kier molecular flexibility index (Phi) is 3.88. The minimum absolute atomic E-state index is 0.115. The van der Waals surface area contributed by atoms with Crippen molar-refractivity contribution in [3.05, 3.63) is 30.5 Å². The summed E-state index contributed by atoms with van der Waals surface area (Å²) in [7, 11) is 0. The highest BCUT2D eigenvalue weighted by atomic mass is 16.4. The molecule has 0 bridgehead atoms. The molecule has 4 N–H and O–H groups in total. The highest BCUT2D eigenvalue weighted by molar-refractivity contribution is 6.05. The maximum atomic E-state index is 12.5. The van der Waals surface area contributed by atoms with Gasteiger partial charge in [0.25, 0.3) is 0 Å². The van der Waals surface area contributed by atoms with E-state index in [0.29, 0.717) is 29.6 Å². The first-order chi connectivity index (χ1) is 11.4. The molecule has 1 aromatic heterocycles. The monoisotopic (exact) mass is 330 g/mol. The zero-order valence-corrected chi connectivity index (χ0v) is 13.1. The molecule has 0 unspecified atom stereocenters. The van der Waals surface area contributed by atoms with Gasteiger partial charge < -0.3 is 21.1 Å². The number of nitrogens with one attached hydrogen (secondary N) is 1. The van der Waals surface area contributed by atoms with Crippen LogP contribution in [0.2, 0.25) is 0 Å². The summed E-state index contributed by atoms with van der Waals surface area (Å²) in [6, 6.07) is 5.00. The van der Waals surface area contributed by atoms with Crippen LogP contribution in [0.5, 0.6) is 0 Å². The Morgan fingerprint density at radius 3 is 2.67 bits per heavy atom. The Morgan fingerprint density at radius 1 is 1.29 bits per heavy atom. The lowest BCUT2D eigenvalue weighted by atomic mass is 10.1. The van der Waals surface area contributed by atoms with Gasteiger partial charge in [-0.15, -0.1) is 0 Å². The van der Waals surface area contributed by atoms with Gasteiger partial charge in [0.2, 0.25) is 0 Å². The molecule has 126 valence electrons. The number of aromatic nitrogens is 1. The Hall–Kier alpha value is -3.03. The van der Waals surface area contributed by atoms with Gasteiger partial charge in [0.15, 0.2) is 0 Å². The predicted octanol–water partition coefficient (Wildman–Crippen LogP) is 1.89. The van der Waals surface area contributed by atoms with E-state index in [9.17, 15) is 19.5 Å². The standard InChI is InChI=1S/C16H18N4O4/c1-9-6-13(14(21)22)20(7-9)16(24)18-11-8-19(15(17)23)12-5-3-2-4-10(11)12/h2-5,8-9,13H,6-7H2,1H3,(H2,17,23)(H,18,24)(H,21,22)/t9-,13-/m0/s1. The summed E-state index contributed by atoms with van der Waals surface area (Å²) in [6.07, 6.45) is 1.87. The van der Waals surface area contributed by atoms with Crippen molar-refractivity contribution >= 4 is 34.6 Å². The van der Waals surface area contributed by atoms with Gasteiger partial charge in [0.05, 0.1) is 11.2 Å². The number of likely N-dealkylation sites (tertiary alicyclic amines) is 1. The van der Waals surface area contributed by atoms with Gasteiger partial charge in [0.1, 0.15) is 6.04 Å². The number of rotatable bonds is 2. The van der Waals surface area contributed by atoms with Crippen LogP contribution in [0.3, 0.4) is 0 Å². The Bertz CT molecular complexity index is 829. The third-order valence-corrected chi connectivity index (χ3v) is 4.25. The molecule has 2 aromatic rings. The largest absolute Gasteiger partial charge is 0.480 e. The van der Waals surface area contributed by atoms with Gasteiger partial charge >= 0.3 is 18.0 Å². The number of amides is 3. The van der Waals surface area contributed by atoms with E-state index in [-0.39, 0.29) is 5.92 Å². The molecule has 0 spiro atoms. The average molecular weight is 330 g/mol. The Labute approximate surface area is 137 Å². The molecule has 8 nitrogen and oxygen atoms in total. The summed E-state index contributed by atoms with van der Waals surface area (Å²) in [4.78, 5) is 36.7. The highest BCUT2D eigenvalue weighted by Crippen LogP contribution is 2.28. The fourth-order valence-electron chi connectivity index (χ4n) is 3.15. The van der Waals surface area contributed by atoms with Crippen LogP contribution in [-0.2, 0) is 4.79 Å². The second kappa shape index (κ2) is 5.88. The third kappa shape index (κ3) is 2.66. The summed E-state index contributed by atoms with van der Waals surface area (Å²) in [5.41, 5.74) is 6.34. The third-order valence-electron chi connectivity index (χ3n) is 4.25. The molecule has 1 saturated heterocycles. The molecule has 1 fully saturated rings. The second-order valence-electron chi connectivity index (χ2n) is 6.05. The van der Waals surface area contributed by atoms with Crippen molar-refractivity contribution in [1.82, 2.24) is 9.47 Å². The number of nitrogens with two attached hydrogens (primary N) is 1. The lowest BCUT2D eigenvalue weighted by molar-refractivity contribution is -0.141. The van der Waals surface area contributed by atoms with Crippen LogP contribution in [0.1, 0.15) is 13.3 Å². The van der Waals surface area contributed by atoms with E-state index in [4.69, 9.17) is 5.73 Å². The van der Waals surface area contributed by atoms with Crippen LogP contribution < -0.4 is 11.1 Å². The molecule has 2 heterocycles. The summed E-state index contributed by atoms with van der Waals surface area (Å²) >= 11 is 0. The van der Waals surface area contributed by atoms with Crippen molar-refractivity contribution in [2.75, 3.05) is 11.9 Å². The number of nitrogens with zero attached hydrogens (tertiary/aromatic N) is 2. The van der Waals surface area contributed by atoms with E-state index >= 15 is 0 Å². The van der Waals surface area contributed by atoms with Crippen molar-refractivity contribution in [2.45, 2.75) is 19.4 Å². The molecular formula is C16H18N4O4. The Morgan fingerprint density at radius 2 is 2.00 bits per heavy atom. The minimum Gasteiger partial charge on any atom is -0.480 e. The molecule has 0 saturated carbocycles. The number of anilines is 1. The SMILES string of the molecule is C[C@H]1C[C@@H](C(=O)O)N(C(=O)Nc2cn(C(N)=O)c3ccccc23)C1. The highest BCUT2D eigenvalue weighted by Gasteiger charge is 2.38. The summed E-state index contributed by atoms with van der Waals surface area (Å²) in [6.45, 7) is 2.28. The van der Waals surface area contributed by atoms with Crippen molar-refractivity contribution < 1.29 is 19.5 Å². The van der Waals surface area contributed by atoms with Crippen molar-refractivity contribution in [3.8, 4) is 0 Å². The molecule has 1 aromatic carbocycles. The number of aliphatic carboxylic acids is 1. The second-order valence-corrected chi connectivity index (χ2v) is 6.05. The van der Waals surface area contributed by atoms with E-state index in [1.54, 1.807) is 24.3 Å². The van der Waals surface area contributed by atoms with Crippen molar-refractivity contribution in [3.63, 3.8) is 0 Å². The summed E-state index contributed by atoms with van der Waals surface area (Å²) < 4.78 is 1.24. The normalized spacial score (nSPS) is 20.3. The first-order valence-electron chi connectivity index (χ1n) is 7.58. The van der Waals surface area contributed by atoms with Gasteiger partial charge in [0, 0.05) is 18.1 Å². The van der Waals surface area contributed by atoms with Crippen molar-refractivity contribution in [1.29, 1.82) is 0 Å². The number of benzene rings is 1. The zero-order chi connectivity index (χ0) is 17.4. The van der Waals surface area contributed by atoms with E-state index in [0.717, 1.165) is 0 Å². The number of carbonyl (C=O) groups is 3. The van der Waals surface area contributed by atoms with Gasteiger partial charge in [-0.1, -0.05) is 25.1 Å². The number of carbonyl (C=O) groups excluding carboxylic acids is 2. The molecule has 8 heteroatoms. The molecule has 1 aliphatic heterocycles. The van der Waals surface area contributed by atoms with Crippen LogP contribution in [0.15, 0.2) is 30.5 Å². The number of primary amides is 1. The first kappa shape index (κ1) is 15.9. The maximum absolute atomic E-state index is 12.5. The van der Waals surface area contributed by atoms with E-state index in [1.807, 2.05) is 6.92 Å². The first-order valence-corrected chi connectivity index (χ1v) is 7.58. The van der Waals surface area contributed by atoms with Gasteiger partial charge in [-0.05, 0) is 18.4 Å². The molecule has 0 aliphatic carbocycles. The van der Waals surface area contributed by atoms with Crippen LogP contribution in [0, 0.1) is 5.92 Å². The van der Waals surface area contributed by atoms with Crippen LogP contribution in [0.25, 0.3) is 10.9 Å². The number of para-hydroxylation sites is 1. The average Bonchev–Trinajstić information content (AvgIpc) is 3.09. The lowest BCUT2D eigenvalue weighted by Gasteiger charge is -2.21. The van der Waals surface area contributed by atoms with E-state index in [1.165, 1.54) is 15.7 Å². The molecule has 0 radical (unpaired) electrons. The van der Waals surface area contributed by atoms with Crippen LogP contribution >= 0.6 is 0 Å². The molecule has 24 heavy (non-hydrogen) atoms. The van der Waals surface area contributed by atoms with Gasteiger partial charge in [-0.25, -0.2) is 14.4 Å². The molecular weight excluding hydrogens is 312 g/mol. The molecule has 3 amide bonds. The quantitative estimate of drug-likeness (QED) is 0.779. The number of hydrogen-bond donors (Lipinski definition) is 3. The van der Waals surface area contributed by atoms with E-state index < -0.39 is 24.1 Å². The topological polar surface area (TPSA) is 118 Å². The number of carboxylic acids is 1. The van der Waals surface area contributed by atoms with E-state index in [2.05, 4.69) is 5.32 Å². The van der Waals surface area contributed by atoms with Crippen LogP contribution in [-0.4, -0.2) is 45.2 Å². The zero-order valence-electron chi connectivity index (χ0n) is 13.1. The summed E-state index contributed by atoms with van der Waals surface area (Å²) in [5, 5.41) is 12.6. The number of urea groups is 1. The lowest BCUT2D eigenvalue weighted by Crippen LogP contribution is -2.42. The molecule has 1 aliphatic rings. The number of hydrogen-bond acceptors (Lipinski definition) is 3. The van der Waals surface area contributed by atoms with Gasteiger partial charge in [-0.2, -0.15) is 0 Å². The summed E-state index contributed by atoms with van der Waals surface area (Å²) in [5.74, 6) is -0.905. The predicted molar refractivity (Wildman–Crippen MR) is 87.8 cm³/mol. The van der Waals surface area contributed by atoms with Gasteiger partial charge in [-0.3, -0.25) is 4.57 Å². The molecule has 3 rings (SSSR count). The Balaban J connectivity index is 1.91. The van der Waals surface area contributed by atoms with Crippen molar-refractivity contribution in [2.24, 2.45) is 11.7 Å². The smallest absolute Gasteiger partial charge is 0.326 e. The van der Waals surface area contributed by atoms with Crippen LogP contribution in [0.4, 0.5) is 15.3 Å². The minimum atomic E-state index is -1.02. The number of carboxylic acid groups (broad SMARTS) is 1. The fourth-order valence-corrected chi connectivity index (χ4v) is 3.15. The fraction of sp³-hybridized carbons (Fsp3) is 0.312.